The van der Waals surface area contributed by atoms with E-state index in [0.29, 0.717) is 30.1 Å². The largest absolute Gasteiger partial charge is 0.497 e. The Hall–Kier alpha value is -2.54. The molecule has 2 aromatic rings. The Morgan fingerprint density at radius 1 is 0.963 bits per heavy atom. The van der Waals surface area contributed by atoms with Crippen LogP contribution in [-0.2, 0) is 10.0 Å². The smallest absolute Gasteiger partial charge is 0.261 e. The maximum atomic E-state index is 13.0. The number of nitrogens with zero attached hydrogens (tertiary/aromatic N) is 1. The molecule has 0 saturated carbocycles. The Morgan fingerprint density at radius 3 is 2.22 bits per heavy atom. The lowest BCUT2D eigenvalue weighted by molar-refractivity contribution is 0.0762. The molecule has 7 heteroatoms. The zero-order valence-electron chi connectivity index (χ0n) is 15.3. The van der Waals surface area contributed by atoms with E-state index >= 15 is 0 Å². The molecule has 0 atom stereocenters. The van der Waals surface area contributed by atoms with Crippen molar-refractivity contribution in [2.45, 2.75) is 30.6 Å². The molecule has 27 heavy (non-hydrogen) atoms. The first-order valence-corrected chi connectivity index (χ1v) is 10.5. The van der Waals surface area contributed by atoms with Crippen LogP contribution in [0.2, 0.25) is 0 Å². The summed E-state index contributed by atoms with van der Waals surface area (Å²) in [7, 11) is -2.29. The van der Waals surface area contributed by atoms with E-state index in [1.54, 1.807) is 36.4 Å². The summed E-state index contributed by atoms with van der Waals surface area (Å²) < 4.78 is 33.1. The zero-order chi connectivity index (χ0) is 19.3. The maximum Gasteiger partial charge on any atom is 0.261 e. The topological polar surface area (TPSA) is 75.7 Å². The first-order valence-electron chi connectivity index (χ1n) is 9.06. The Bertz CT molecular complexity index is 886. The highest BCUT2D eigenvalue weighted by Crippen LogP contribution is 2.24. The van der Waals surface area contributed by atoms with E-state index in [1.807, 2.05) is 4.90 Å². The van der Waals surface area contributed by atoms with Crippen LogP contribution in [0.4, 0.5) is 5.69 Å². The zero-order valence-corrected chi connectivity index (χ0v) is 16.2. The highest BCUT2D eigenvalue weighted by molar-refractivity contribution is 7.92. The fourth-order valence-corrected chi connectivity index (χ4v) is 4.24. The van der Waals surface area contributed by atoms with Crippen LogP contribution >= 0.6 is 0 Å². The van der Waals surface area contributed by atoms with E-state index in [1.165, 1.54) is 19.2 Å². The molecule has 3 rings (SSSR count). The van der Waals surface area contributed by atoms with Gasteiger partial charge in [0.2, 0.25) is 0 Å². The summed E-state index contributed by atoms with van der Waals surface area (Å²) in [5, 5.41) is 0. The molecule has 0 bridgehead atoms. The Labute approximate surface area is 160 Å². The van der Waals surface area contributed by atoms with E-state index in [9.17, 15) is 13.2 Å². The molecule has 0 aromatic heterocycles. The highest BCUT2D eigenvalue weighted by Gasteiger charge is 2.22. The summed E-state index contributed by atoms with van der Waals surface area (Å²) in [5.41, 5.74) is 0.666. The number of methoxy groups -OCH3 is 1. The first-order chi connectivity index (χ1) is 13.0. The molecule has 0 unspecified atom stereocenters. The summed E-state index contributed by atoms with van der Waals surface area (Å²) in [4.78, 5) is 14.9. The molecule has 6 nitrogen and oxygen atoms in total. The van der Waals surface area contributed by atoms with E-state index in [0.717, 1.165) is 25.7 Å². The lowest BCUT2D eigenvalue weighted by Gasteiger charge is -2.22. The second kappa shape index (κ2) is 8.43. The number of rotatable bonds is 5. The van der Waals surface area contributed by atoms with Crippen molar-refractivity contribution in [1.29, 1.82) is 0 Å². The van der Waals surface area contributed by atoms with Crippen molar-refractivity contribution in [3.63, 3.8) is 0 Å². The van der Waals surface area contributed by atoms with E-state index in [2.05, 4.69) is 4.72 Å². The highest BCUT2D eigenvalue weighted by atomic mass is 32.2. The number of likely N-dealkylation sites (tertiary alicyclic amines) is 1. The molecular weight excluding hydrogens is 364 g/mol. The van der Waals surface area contributed by atoms with Gasteiger partial charge in [-0.3, -0.25) is 9.52 Å². The number of amides is 1. The average molecular weight is 388 g/mol. The van der Waals surface area contributed by atoms with Gasteiger partial charge in [0.15, 0.2) is 0 Å². The fraction of sp³-hybridized carbons (Fsp3) is 0.350. The molecule has 1 heterocycles. The molecule has 0 aliphatic carbocycles. The van der Waals surface area contributed by atoms with Crippen LogP contribution in [0.25, 0.3) is 0 Å². The second-order valence-corrected chi connectivity index (χ2v) is 8.22. The monoisotopic (exact) mass is 388 g/mol. The van der Waals surface area contributed by atoms with Gasteiger partial charge in [0.25, 0.3) is 15.9 Å². The number of benzene rings is 2. The first kappa shape index (κ1) is 19.2. The van der Waals surface area contributed by atoms with Gasteiger partial charge in [-0.1, -0.05) is 25.0 Å². The van der Waals surface area contributed by atoms with Gasteiger partial charge < -0.3 is 9.64 Å². The van der Waals surface area contributed by atoms with Crippen LogP contribution in [0, 0.1) is 0 Å². The molecule has 0 spiro atoms. The number of ether oxygens (including phenoxy) is 1. The summed E-state index contributed by atoms with van der Waals surface area (Å²) in [6.07, 6.45) is 4.20. The third kappa shape index (κ3) is 4.60. The van der Waals surface area contributed by atoms with Gasteiger partial charge in [0.1, 0.15) is 5.75 Å². The minimum Gasteiger partial charge on any atom is -0.497 e. The van der Waals surface area contributed by atoms with Crippen molar-refractivity contribution in [2.24, 2.45) is 0 Å². The van der Waals surface area contributed by atoms with Gasteiger partial charge in [-0.2, -0.15) is 0 Å². The van der Waals surface area contributed by atoms with E-state index in [4.69, 9.17) is 4.74 Å². The minimum atomic E-state index is -3.81. The number of hydrogen-bond acceptors (Lipinski definition) is 4. The second-order valence-electron chi connectivity index (χ2n) is 6.53. The lowest BCUT2D eigenvalue weighted by atomic mass is 10.1. The number of para-hydroxylation sites is 1. The maximum absolute atomic E-state index is 13.0. The average Bonchev–Trinajstić information content (AvgIpc) is 2.97. The van der Waals surface area contributed by atoms with Crippen molar-refractivity contribution in [3.8, 4) is 5.75 Å². The van der Waals surface area contributed by atoms with Crippen LogP contribution in [0.1, 0.15) is 36.0 Å². The summed E-state index contributed by atoms with van der Waals surface area (Å²) in [6.45, 7) is 1.41. The molecule has 1 amide bonds. The summed E-state index contributed by atoms with van der Waals surface area (Å²) >= 11 is 0. The molecule has 2 aromatic carbocycles. The number of hydrogen-bond donors (Lipinski definition) is 1. The van der Waals surface area contributed by atoms with Gasteiger partial charge in [0, 0.05) is 13.1 Å². The quantitative estimate of drug-likeness (QED) is 0.850. The molecule has 1 N–H and O–H groups in total. The Morgan fingerprint density at radius 2 is 1.59 bits per heavy atom. The van der Waals surface area contributed by atoms with Crippen molar-refractivity contribution in [1.82, 2.24) is 4.90 Å². The van der Waals surface area contributed by atoms with Gasteiger partial charge in [-0.25, -0.2) is 8.42 Å². The number of sulfonamides is 1. The number of nitrogens with one attached hydrogen (secondary N) is 1. The van der Waals surface area contributed by atoms with Gasteiger partial charge >= 0.3 is 0 Å². The van der Waals surface area contributed by atoms with Crippen LogP contribution in [-0.4, -0.2) is 39.4 Å². The number of carbonyl (C=O) groups is 1. The predicted octanol–water partition coefficient (Wildman–Crippen LogP) is 3.51. The fourth-order valence-electron chi connectivity index (χ4n) is 3.16. The SMILES string of the molecule is COc1ccc(S(=O)(=O)Nc2ccccc2C(=O)N2CCCCCC2)cc1. The standard InChI is InChI=1S/C20H24N2O4S/c1-26-16-10-12-17(13-11-16)27(24,25)21-19-9-5-4-8-18(19)20(23)22-14-6-2-3-7-15-22/h4-5,8-13,21H,2-3,6-7,14-15H2,1H3. The van der Waals surface area contributed by atoms with Gasteiger partial charge in [-0.05, 0) is 49.2 Å². The van der Waals surface area contributed by atoms with Crippen molar-refractivity contribution in [2.75, 3.05) is 24.9 Å². The predicted molar refractivity (Wildman–Crippen MR) is 105 cm³/mol. The third-order valence-electron chi connectivity index (χ3n) is 4.66. The van der Waals surface area contributed by atoms with Crippen molar-refractivity contribution < 1.29 is 17.9 Å². The van der Waals surface area contributed by atoms with E-state index < -0.39 is 10.0 Å². The molecule has 144 valence electrons. The molecule has 0 radical (unpaired) electrons. The lowest BCUT2D eigenvalue weighted by Crippen LogP contribution is -2.32. The minimum absolute atomic E-state index is 0.111. The molecule has 1 saturated heterocycles. The summed E-state index contributed by atoms with van der Waals surface area (Å²) in [5.74, 6) is 0.440. The van der Waals surface area contributed by atoms with Crippen LogP contribution in [0.15, 0.2) is 53.4 Å². The number of anilines is 1. The van der Waals surface area contributed by atoms with Crippen molar-refractivity contribution >= 4 is 21.6 Å². The normalized spacial score (nSPS) is 15.1. The molecular formula is C20H24N2O4S. The van der Waals surface area contributed by atoms with E-state index in [-0.39, 0.29) is 10.8 Å². The van der Waals surface area contributed by atoms with Crippen LogP contribution in [0.3, 0.4) is 0 Å². The Balaban J connectivity index is 1.85. The Kier molecular flexibility index (Phi) is 6.01. The number of carbonyl (C=O) groups excluding carboxylic acids is 1. The molecule has 1 aliphatic rings. The van der Waals surface area contributed by atoms with Crippen LogP contribution < -0.4 is 9.46 Å². The van der Waals surface area contributed by atoms with Gasteiger partial charge in [-0.15, -0.1) is 0 Å². The van der Waals surface area contributed by atoms with Crippen LogP contribution in [0.5, 0.6) is 5.75 Å². The molecule has 1 fully saturated rings. The third-order valence-corrected chi connectivity index (χ3v) is 6.05. The van der Waals surface area contributed by atoms with Crippen molar-refractivity contribution in [3.05, 3.63) is 54.1 Å². The summed E-state index contributed by atoms with van der Waals surface area (Å²) in [6, 6.07) is 12.9. The van der Waals surface area contributed by atoms with Gasteiger partial charge in [0.05, 0.1) is 23.3 Å². The molecule has 1 aliphatic heterocycles.